The summed E-state index contributed by atoms with van der Waals surface area (Å²) in [5, 5.41) is 17.1. The van der Waals surface area contributed by atoms with Crippen LogP contribution < -0.4 is 19.9 Å². The summed E-state index contributed by atoms with van der Waals surface area (Å²) < 4.78 is 6.42. The van der Waals surface area contributed by atoms with Crippen LogP contribution in [0.15, 0.2) is 36.4 Å². The zero-order valence-corrected chi connectivity index (χ0v) is 23.3. The number of hydrogen-bond donors (Lipinski definition) is 1. The molecule has 8 heteroatoms. The number of pyridine rings is 1. The number of nitrogens with zero attached hydrogens (tertiary/aromatic N) is 5. The average Bonchev–Trinajstić information content (AvgIpc) is 3.53. The molecule has 4 aliphatic rings. The number of anilines is 2. The van der Waals surface area contributed by atoms with Crippen molar-refractivity contribution >= 4 is 33.9 Å². The van der Waals surface area contributed by atoms with Crippen LogP contribution in [0.1, 0.15) is 42.4 Å². The first-order chi connectivity index (χ1) is 19.1. The lowest BCUT2D eigenvalue weighted by Crippen LogP contribution is -2.52. The van der Waals surface area contributed by atoms with E-state index in [1.807, 2.05) is 12.1 Å². The van der Waals surface area contributed by atoms with Crippen molar-refractivity contribution in [2.24, 2.45) is 0 Å². The number of nitriles is 1. The number of likely N-dealkylation sites (N-methyl/N-ethyl adjacent to an activating group) is 1. The SMILES string of the molecule is CN1CCCC1COc1nc(N2CC3CCC(C2)N3)c2c(c1C#N)CN(c1cccc3cccc(Cl)c13)CC2. The second kappa shape index (κ2) is 10.2. The minimum atomic E-state index is 0.363. The van der Waals surface area contributed by atoms with Gasteiger partial charge in [0.2, 0.25) is 5.88 Å². The summed E-state index contributed by atoms with van der Waals surface area (Å²) in [5.74, 6) is 1.52. The molecule has 3 unspecified atom stereocenters. The molecule has 3 aromatic rings. The van der Waals surface area contributed by atoms with Crippen molar-refractivity contribution in [3.8, 4) is 11.9 Å². The second-order valence-corrected chi connectivity index (χ2v) is 12.0. The molecule has 3 fully saturated rings. The van der Waals surface area contributed by atoms with Gasteiger partial charge in [-0.05, 0) is 63.2 Å². The Bertz CT molecular complexity index is 1440. The normalized spacial score (nSPS) is 24.7. The van der Waals surface area contributed by atoms with Crippen molar-refractivity contribution in [2.75, 3.05) is 49.6 Å². The third kappa shape index (κ3) is 4.49. The van der Waals surface area contributed by atoms with Gasteiger partial charge in [-0.3, -0.25) is 0 Å². The van der Waals surface area contributed by atoms with Gasteiger partial charge >= 0.3 is 0 Å². The highest BCUT2D eigenvalue weighted by molar-refractivity contribution is 6.36. The standard InChI is InChI=1S/C31H35ClN6O/c1-36-13-4-7-23(36)19-39-31-25(15-33)26-18-37(28-9-3-6-20-5-2-8-27(32)29(20)28)14-12-24(26)30(35-31)38-16-21-10-11-22(17-38)34-21/h2-3,5-6,8-9,21-23,34H,4,7,10-14,16-19H2,1H3. The highest BCUT2D eigenvalue weighted by Crippen LogP contribution is 2.40. The van der Waals surface area contributed by atoms with Gasteiger partial charge in [0.15, 0.2) is 0 Å². The molecular weight excluding hydrogens is 508 g/mol. The molecule has 0 saturated carbocycles. The molecule has 0 amide bonds. The Labute approximate surface area is 235 Å². The van der Waals surface area contributed by atoms with E-state index in [2.05, 4.69) is 57.4 Å². The van der Waals surface area contributed by atoms with Crippen LogP contribution in [-0.2, 0) is 13.0 Å². The van der Waals surface area contributed by atoms with Crippen LogP contribution in [-0.4, -0.2) is 67.8 Å². The Morgan fingerprint density at radius 1 is 1.05 bits per heavy atom. The quantitative estimate of drug-likeness (QED) is 0.499. The maximum Gasteiger partial charge on any atom is 0.234 e. The van der Waals surface area contributed by atoms with Gasteiger partial charge in [0.1, 0.15) is 24.1 Å². The third-order valence-electron chi connectivity index (χ3n) is 9.22. The number of aromatic nitrogens is 1. The summed E-state index contributed by atoms with van der Waals surface area (Å²) in [4.78, 5) is 12.3. The van der Waals surface area contributed by atoms with E-state index in [9.17, 15) is 5.26 Å². The smallest absolute Gasteiger partial charge is 0.234 e. The van der Waals surface area contributed by atoms with Gasteiger partial charge in [0.25, 0.3) is 0 Å². The Morgan fingerprint density at radius 3 is 2.59 bits per heavy atom. The van der Waals surface area contributed by atoms with Gasteiger partial charge in [-0.15, -0.1) is 0 Å². The topological polar surface area (TPSA) is 67.7 Å². The first kappa shape index (κ1) is 25.0. The predicted molar refractivity (Wildman–Crippen MR) is 156 cm³/mol. The zero-order chi connectivity index (χ0) is 26.5. The molecule has 7 nitrogen and oxygen atoms in total. The molecule has 2 bridgehead atoms. The Kier molecular flexibility index (Phi) is 6.50. The second-order valence-electron chi connectivity index (χ2n) is 11.6. The fourth-order valence-corrected chi connectivity index (χ4v) is 7.43. The van der Waals surface area contributed by atoms with Crippen LogP contribution in [0.3, 0.4) is 0 Å². The molecule has 0 aliphatic carbocycles. The van der Waals surface area contributed by atoms with Crippen molar-refractivity contribution in [1.29, 1.82) is 5.26 Å². The van der Waals surface area contributed by atoms with Crippen LogP contribution in [0.5, 0.6) is 5.88 Å². The van der Waals surface area contributed by atoms with Gasteiger partial charge in [-0.25, -0.2) is 0 Å². The molecule has 3 atom stereocenters. The van der Waals surface area contributed by atoms with Crippen molar-refractivity contribution in [3.05, 3.63) is 58.1 Å². The van der Waals surface area contributed by atoms with E-state index in [-0.39, 0.29) is 0 Å². The largest absolute Gasteiger partial charge is 0.475 e. The van der Waals surface area contributed by atoms with Crippen LogP contribution in [0.2, 0.25) is 5.02 Å². The fourth-order valence-electron chi connectivity index (χ4n) is 7.15. The number of fused-ring (bicyclic) bond motifs is 4. The predicted octanol–water partition coefficient (Wildman–Crippen LogP) is 4.74. The van der Waals surface area contributed by atoms with Gasteiger partial charge < -0.3 is 24.8 Å². The molecule has 4 aliphatic heterocycles. The number of hydrogen-bond acceptors (Lipinski definition) is 7. The lowest BCUT2D eigenvalue weighted by Gasteiger charge is -2.38. The minimum Gasteiger partial charge on any atom is -0.475 e. The zero-order valence-electron chi connectivity index (χ0n) is 22.5. The molecule has 1 aromatic heterocycles. The number of benzene rings is 2. The number of halogens is 1. The summed E-state index contributed by atoms with van der Waals surface area (Å²) in [6.07, 6.45) is 5.56. The van der Waals surface area contributed by atoms with Crippen LogP contribution in [0, 0.1) is 11.3 Å². The van der Waals surface area contributed by atoms with Gasteiger partial charge in [-0.1, -0.05) is 35.9 Å². The van der Waals surface area contributed by atoms with Crippen LogP contribution >= 0.6 is 11.6 Å². The van der Waals surface area contributed by atoms with Crippen LogP contribution in [0.25, 0.3) is 10.8 Å². The van der Waals surface area contributed by atoms with E-state index in [1.165, 1.54) is 24.8 Å². The maximum absolute atomic E-state index is 10.4. The highest BCUT2D eigenvalue weighted by atomic mass is 35.5. The van der Waals surface area contributed by atoms with Crippen molar-refractivity contribution < 1.29 is 4.74 Å². The minimum absolute atomic E-state index is 0.363. The van der Waals surface area contributed by atoms with Crippen molar-refractivity contribution in [3.63, 3.8) is 0 Å². The maximum atomic E-state index is 10.4. The highest BCUT2D eigenvalue weighted by Gasteiger charge is 2.36. The summed E-state index contributed by atoms with van der Waals surface area (Å²) in [7, 11) is 2.15. The van der Waals surface area contributed by atoms with Crippen LogP contribution in [0.4, 0.5) is 11.5 Å². The summed E-state index contributed by atoms with van der Waals surface area (Å²) in [6.45, 7) is 5.05. The molecule has 1 N–H and O–H groups in total. The Hall–Kier alpha value is -3.05. The first-order valence-corrected chi connectivity index (χ1v) is 14.7. The van der Waals surface area contributed by atoms with E-state index in [0.29, 0.717) is 42.7 Å². The Balaban J connectivity index is 1.29. The monoisotopic (exact) mass is 542 g/mol. The molecule has 3 saturated heterocycles. The van der Waals surface area contributed by atoms with Gasteiger partial charge in [0.05, 0.1) is 5.02 Å². The molecule has 5 heterocycles. The molecule has 202 valence electrons. The number of likely N-dealkylation sites (tertiary alicyclic amines) is 1. The average molecular weight is 543 g/mol. The van der Waals surface area contributed by atoms with E-state index < -0.39 is 0 Å². The molecule has 7 rings (SSSR count). The van der Waals surface area contributed by atoms with E-state index in [0.717, 1.165) is 71.9 Å². The third-order valence-corrected chi connectivity index (χ3v) is 9.54. The number of ether oxygens (including phenoxy) is 1. The molecule has 0 radical (unpaired) electrons. The number of nitrogens with one attached hydrogen (secondary N) is 1. The summed E-state index contributed by atoms with van der Waals surface area (Å²) in [5.41, 5.74) is 3.96. The fraction of sp³-hybridized carbons (Fsp3) is 0.484. The molecule has 0 spiro atoms. The number of rotatable bonds is 5. The van der Waals surface area contributed by atoms with Crippen molar-refractivity contribution in [2.45, 2.75) is 56.8 Å². The van der Waals surface area contributed by atoms with E-state index in [1.54, 1.807) is 0 Å². The van der Waals surface area contributed by atoms with Gasteiger partial charge in [-0.2, -0.15) is 10.2 Å². The summed E-state index contributed by atoms with van der Waals surface area (Å²) in [6, 6.07) is 16.3. The Morgan fingerprint density at radius 2 is 1.85 bits per heavy atom. The van der Waals surface area contributed by atoms with Gasteiger partial charge in [0, 0.05) is 66.5 Å². The lowest BCUT2D eigenvalue weighted by molar-refractivity contribution is 0.192. The van der Waals surface area contributed by atoms with E-state index in [4.69, 9.17) is 21.3 Å². The number of piperazine rings is 1. The molecule has 2 aromatic carbocycles. The lowest BCUT2D eigenvalue weighted by atomic mass is 9.94. The molecule has 39 heavy (non-hydrogen) atoms. The summed E-state index contributed by atoms with van der Waals surface area (Å²) >= 11 is 6.72. The van der Waals surface area contributed by atoms with E-state index >= 15 is 0 Å². The first-order valence-electron chi connectivity index (χ1n) is 14.3. The molecular formula is C31H35ClN6O. The van der Waals surface area contributed by atoms with Crippen molar-refractivity contribution in [1.82, 2.24) is 15.2 Å².